The highest BCUT2D eigenvalue weighted by atomic mass is 16.2. The number of fused-ring (bicyclic) bond motifs is 1. The first-order chi connectivity index (χ1) is 15.1. The molecule has 0 atom stereocenters. The molecule has 0 aliphatic rings. The van der Waals surface area contributed by atoms with Gasteiger partial charge >= 0.3 is 5.69 Å². The molecule has 1 aromatic carbocycles. The third kappa shape index (κ3) is 4.13. The van der Waals surface area contributed by atoms with Crippen LogP contribution in [0.5, 0.6) is 0 Å². The smallest absolute Gasteiger partial charge is 0.324 e. The molecule has 0 saturated carbocycles. The lowest BCUT2D eigenvalue weighted by atomic mass is 10.1. The van der Waals surface area contributed by atoms with Crippen LogP contribution in [0.25, 0.3) is 11.0 Å². The molecule has 8 nitrogen and oxygen atoms in total. The number of hydrogen-bond acceptors (Lipinski definition) is 5. The molecule has 0 saturated heterocycles. The predicted octanol–water partition coefficient (Wildman–Crippen LogP) is 2.20. The summed E-state index contributed by atoms with van der Waals surface area (Å²) in [5.74, 6) is -0.365. The molecule has 156 valence electrons. The number of carbonyl (C=O) groups excluding carboxylic acids is 1. The van der Waals surface area contributed by atoms with E-state index in [4.69, 9.17) is 0 Å². The quantitative estimate of drug-likeness (QED) is 0.521. The first kappa shape index (κ1) is 20.2. The fourth-order valence-corrected chi connectivity index (χ4v) is 3.47. The highest BCUT2D eigenvalue weighted by molar-refractivity contribution is 5.92. The SMILES string of the molecule is CCc1ccccc1NC(=O)Cn1c(=O)n(Cc2ccccn2)c(=O)c2ncccc21. The van der Waals surface area contributed by atoms with Gasteiger partial charge < -0.3 is 5.32 Å². The number of pyridine rings is 2. The van der Waals surface area contributed by atoms with Crippen molar-refractivity contribution < 1.29 is 4.79 Å². The second-order valence-corrected chi connectivity index (χ2v) is 7.01. The molecule has 0 unspecified atom stereocenters. The average Bonchev–Trinajstić information content (AvgIpc) is 2.80. The standard InChI is InChI=1S/C23H21N5O3/c1-2-16-8-3-4-10-18(16)26-20(29)15-27-19-11-7-13-25-21(19)22(30)28(23(27)31)14-17-9-5-6-12-24-17/h3-13H,2,14-15H2,1H3,(H,26,29). The van der Waals surface area contributed by atoms with Crippen molar-refractivity contribution in [2.45, 2.75) is 26.4 Å². The van der Waals surface area contributed by atoms with Crippen LogP contribution in [0.1, 0.15) is 18.2 Å². The van der Waals surface area contributed by atoms with Crippen LogP contribution in [0.4, 0.5) is 5.69 Å². The van der Waals surface area contributed by atoms with Crippen molar-refractivity contribution in [3.8, 4) is 0 Å². The van der Waals surface area contributed by atoms with E-state index < -0.39 is 11.2 Å². The Hall–Kier alpha value is -4.07. The monoisotopic (exact) mass is 415 g/mol. The minimum Gasteiger partial charge on any atom is -0.324 e. The molecule has 31 heavy (non-hydrogen) atoms. The predicted molar refractivity (Wildman–Crippen MR) is 118 cm³/mol. The Kier molecular flexibility index (Phi) is 5.70. The Morgan fingerprint density at radius 1 is 0.935 bits per heavy atom. The number of benzene rings is 1. The van der Waals surface area contributed by atoms with Crippen molar-refractivity contribution in [1.29, 1.82) is 0 Å². The third-order valence-corrected chi connectivity index (χ3v) is 5.01. The van der Waals surface area contributed by atoms with Crippen LogP contribution in [0.2, 0.25) is 0 Å². The molecular formula is C23H21N5O3. The molecule has 0 fully saturated rings. The summed E-state index contributed by atoms with van der Waals surface area (Å²) in [7, 11) is 0. The third-order valence-electron chi connectivity index (χ3n) is 5.01. The van der Waals surface area contributed by atoms with Crippen LogP contribution in [0.3, 0.4) is 0 Å². The van der Waals surface area contributed by atoms with Crippen molar-refractivity contribution in [2.75, 3.05) is 5.32 Å². The van der Waals surface area contributed by atoms with Crippen molar-refractivity contribution in [2.24, 2.45) is 0 Å². The normalized spacial score (nSPS) is 10.9. The number of para-hydroxylation sites is 1. The molecule has 1 amide bonds. The number of rotatable bonds is 6. The Balaban J connectivity index is 1.75. The van der Waals surface area contributed by atoms with Gasteiger partial charge in [-0.05, 0) is 42.3 Å². The molecule has 3 heterocycles. The van der Waals surface area contributed by atoms with Gasteiger partial charge in [-0.2, -0.15) is 0 Å². The highest BCUT2D eigenvalue weighted by Gasteiger charge is 2.17. The lowest BCUT2D eigenvalue weighted by Gasteiger charge is -2.14. The molecule has 0 bridgehead atoms. The van der Waals surface area contributed by atoms with E-state index in [9.17, 15) is 14.4 Å². The minimum absolute atomic E-state index is 0.00862. The van der Waals surface area contributed by atoms with Crippen molar-refractivity contribution in [3.05, 3.63) is 99.1 Å². The lowest BCUT2D eigenvalue weighted by molar-refractivity contribution is -0.116. The van der Waals surface area contributed by atoms with Crippen LogP contribution in [0.15, 0.2) is 76.6 Å². The summed E-state index contributed by atoms with van der Waals surface area (Å²) in [5, 5.41) is 2.87. The van der Waals surface area contributed by atoms with Gasteiger partial charge in [-0.3, -0.25) is 23.7 Å². The fraction of sp³-hybridized carbons (Fsp3) is 0.174. The van der Waals surface area contributed by atoms with E-state index in [0.717, 1.165) is 16.6 Å². The summed E-state index contributed by atoms with van der Waals surface area (Å²) in [5.41, 5.74) is 1.59. The molecule has 8 heteroatoms. The number of nitrogens with zero attached hydrogens (tertiary/aromatic N) is 4. The molecule has 0 spiro atoms. The van der Waals surface area contributed by atoms with E-state index >= 15 is 0 Å². The van der Waals surface area contributed by atoms with Gasteiger partial charge in [0.2, 0.25) is 5.91 Å². The van der Waals surface area contributed by atoms with E-state index in [2.05, 4.69) is 15.3 Å². The van der Waals surface area contributed by atoms with Gasteiger partial charge in [0.1, 0.15) is 6.54 Å². The van der Waals surface area contributed by atoms with E-state index in [1.807, 2.05) is 31.2 Å². The van der Waals surface area contributed by atoms with Crippen molar-refractivity contribution in [3.63, 3.8) is 0 Å². The Labute approximate surface area is 177 Å². The van der Waals surface area contributed by atoms with Crippen LogP contribution in [-0.4, -0.2) is 25.0 Å². The summed E-state index contributed by atoms with van der Waals surface area (Å²) >= 11 is 0. The summed E-state index contributed by atoms with van der Waals surface area (Å²) in [6.45, 7) is 1.75. The maximum atomic E-state index is 13.2. The lowest BCUT2D eigenvalue weighted by Crippen LogP contribution is -2.42. The van der Waals surface area contributed by atoms with Gasteiger partial charge in [0.05, 0.1) is 17.8 Å². The van der Waals surface area contributed by atoms with Gasteiger partial charge in [0, 0.05) is 18.1 Å². The average molecular weight is 415 g/mol. The fourth-order valence-electron chi connectivity index (χ4n) is 3.47. The molecule has 0 aliphatic heterocycles. The van der Waals surface area contributed by atoms with Crippen LogP contribution in [0, 0.1) is 0 Å². The van der Waals surface area contributed by atoms with Crippen LogP contribution in [-0.2, 0) is 24.3 Å². The van der Waals surface area contributed by atoms with Gasteiger partial charge in [-0.25, -0.2) is 9.78 Å². The summed E-state index contributed by atoms with van der Waals surface area (Å²) in [6, 6.07) is 16.0. The Bertz CT molecular complexity index is 1360. The summed E-state index contributed by atoms with van der Waals surface area (Å²) in [4.78, 5) is 47.3. The van der Waals surface area contributed by atoms with Crippen molar-refractivity contribution >= 4 is 22.6 Å². The summed E-state index contributed by atoms with van der Waals surface area (Å²) in [6.07, 6.45) is 3.84. The number of nitrogens with one attached hydrogen (secondary N) is 1. The van der Waals surface area contributed by atoms with E-state index in [1.165, 1.54) is 10.8 Å². The second-order valence-electron chi connectivity index (χ2n) is 7.01. The first-order valence-electron chi connectivity index (χ1n) is 9.94. The number of aryl methyl sites for hydroxylation is 1. The van der Waals surface area contributed by atoms with Crippen molar-refractivity contribution in [1.82, 2.24) is 19.1 Å². The molecule has 3 aromatic heterocycles. The van der Waals surface area contributed by atoms with E-state index in [1.54, 1.807) is 36.5 Å². The molecule has 4 aromatic rings. The first-order valence-corrected chi connectivity index (χ1v) is 9.94. The summed E-state index contributed by atoms with van der Waals surface area (Å²) < 4.78 is 2.33. The second kappa shape index (κ2) is 8.74. The zero-order chi connectivity index (χ0) is 21.8. The Morgan fingerprint density at radius 3 is 2.48 bits per heavy atom. The van der Waals surface area contributed by atoms with Gasteiger partial charge in [-0.15, -0.1) is 0 Å². The largest absolute Gasteiger partial charge is 0.332 e. The maximum Gasteiger partial charge on any atom is 0.332 e. The molecule has 0 radical (unpaired) electrons. The van der Waals surface area contributed by atoms with Crippen LogP contribution >= 0.6 is 0 Å². The Morgan fingerprint density at radius 2 is 1.71 bits per heavy atom. The van der Waals surface area contributed by atoms with E-state index in [-0.39, 0.29) is 24.5 Å². The number of aromatic nitrogens is 4. The zero-order valence-electron chi connectivity index (χ0n) is 17.0. The van der Waals surface area contributed by atoms with Gasteiger partial charge in [0.25, 0.3) is 5.56 Å². The number of amides is 1. The minimum atomic E-state index is -0.588. The molecule has 0 aliphatic carbocycles. The molecule has 1 N–H and O–H groups in total. The maximum absolute atomic E-state index is 13.2. The topological polar surface area (TPSA) is 98.9 Å². The van der Waals surface area contributed by atoms with Crippen LogP contribution < -0.4 is 16.6 Å². The highest BCUT2D eigenvalue weighted by Crippen LogP contribution is 2.15. The van der Waals surface area contributed by atoms with E-state index in [0.29, 0.717) is 16.9 Å². The number of anilines is 1. The zero-order valence-corrected chi connectivity index (χ0v) is 17.0. The number of hydrogen-bond donors (Lipinski definition) is 1. The van der Waals surface area contributed by atoms with Gasteiger partial charge in [0.15, 0.2) is 5.52 Å². The number of carbonyl (C=O) groups is 1. The molecular weight excluding hydrogens is 394 g/mol. The molecule has 4 rings (SSSR count). The van der Waals surface area contributed by atoms with Gasteiger partial charge in [-0.1, -0.05) is 31.2 Å².